The molecule has 4 amide bonds. The number of nitrogens with zero attached hydrogens (tertiary/aromatic N) is 2. The molecule has 154 valence electrons. The van der Waals surface area contributed by atoms with E-state index in [9.17, 15) is 18.8 Å². The highest BCUT2D eigenvalue weighted by Crippen LogP contribution is 2.30. The lowest BCUT2D eigenvalue weighted by Gasteiger charge is -2.21. The van der Waals surface area contributed by atoms with E-state index in [1.807, 2.05) is 12.2 Å². The molecule has 1 atom stereocenters. The maximum absolute atomic E-state index is 14.5. The van der Waals surface area contributed by atoms with Gasteiger partial charge < -0.3 is 15.0 Å². The van der Waals surface area contributed by atoms with Crippen molar-refractivity contribution in [1.82, 2.24) is 20.5 Å². The molecule has 9 heteroatoms. The number of methoxy groups -OCH3 is 1. The first kappa shape index (κ1) is 20.8. The van der Waals surface area contributed by atoms with Gasteiger partial charge in [-0.1, -0.05) is 17.9 Å². The summed E-state index contributed by atoms with van der Waals surface area (Å²) in [7, 11) is 1.32. The molecule has 1 aromatic heterocycles. The molecule has 1 aromatic carbocycles. The summed E-state index contributed by atoms with van der Waals surface area (Å²) in [4.78, 5) is 40.6. The third-order valence-electron chi connectivity index (χ3n) is 4.48. The van der Waals surface area contributed by atoms with Crippen LogP contribution < -0.4 is 15.4 Å². The molecule has 0 spiro atoms. The molecule has 0 saturated carbocycles. The lowest BCUT2D eigenvalue weighted by molar-refractivity contribution is -0.108. The van der Waals surface area contributed by atoms with Crippen LogP contribution in [-0.2, 0) is 11.3 Å². The molecule has 0 unspecified atom stereocenters. The topological polar surface area (TPSA) is 101 Å². The smallest absolute Gasteiger partial charge is 0.322 e. The van der Waals surface area contributed by atoms with Gasteiger partial charge in [0.2, 0.25) is 6.41 Å². The molecule has 0 saturated heterocycles. The lowest BCUT2D eigenvalue weighted by Crippen LogP contribution is -2.46. The molecule has 2 heterocycles. The fourth-order valence-electron chi connectivity index (χ4n) is 3.01. The molecule has 2 aromatic rings. The number of nitrogens with one attached hydrogen (secondary N) is 2. The quantitative estimate of drug-likeness (QED) is 0.573. The third kappa shape index (κ3) is 4.55. The highest BCUT2D eigenvalue weighted by molar-refractivity contribution is 5.99. The van der Waals surface area contributed by atoms with Crippen molar-refractivity contribution >= 4 is 18.3 Å². The predicted molar refractivity (Wildman–Crippen MR) is 105 cm³/mol. The van der Waals surface area contributed by atoms with E-state index in [-0.39, 0.29) is 30.8 Å². The maximum atomic E-state index is 14.5. The van der Waals surface area contributed by atoms with E-state index in [1.165, 1.54) is 18.1 Å². The molecule has 2 N–H and O–H groups in total. The molecule has 3 rings (SSSR count). The number of fused-ring (bicyclic) bond motifs is 1. The van der Waals surface area contributed by atoms with Crippen molar-refractivity contribution in [3.63, 3.8) is 0 Å². The minimum absolute atomic E-state index is 0.00612. The van der Waals surface area contributed by atoms with E-state index >= 15 is 0 Å². The molecule has 0 aliphatic carbocycles. The van der Waals surface area contributed by atoms with Crippen LogP contribution >= 0.6 is 0 Å². The minimum atomic E-state index is -0.811. The van der Waals surface area contributed by atoms with Gasteiger partial charge in [0.25, 0.3) is 5.91 Å². The number of ether oxygens (including phenoxy) is 1. The van der Waals surface area contributed by atoms with Crippen LogP contribution in [0.4, 0.5) is 9.18 Å². The Morgan fingerprint density at radius 1 is 1.40 bits per heavy atom. The Morgan fingerprint density at radius 3 is 2.87 bits per heavy atom. The van der Waals surface area contributed by atoms with Crippen LogP contribution in [0.15, 0.2) is 30.5 Å². The van der Waals surface area contributed by atoms with Gasteiger partial charge in [0.15, 0.2) is 11.6 Å². The number of halogens is 1. The number of hydrogen-bond donors (Lipinski definition) is 2. The van der Waals surface area contributed by atoms with E-state index < -0.39 is 23.8 Å². The molecule has 0 radical (unpaired) electrons. The van der Waals surface area contributed by atoms with Crippen LogP contribution in [0.2, 0.25) is 0 Å². The highest BCUT2D eigenvalue weighted by Gasteiger charge is 2.33. The Balaban J connectivity index is 1.82. The van der Waals surface area contributed by atoms with Crippen LogP contribution in [0.25, 0.3) is 0 Å². The van der Waals surface area contributed by atoms with Crippen molar-refractivity contribution in [3.8, 4) is 17.6 Å². The largest absolute Gasteiger partial charge is 0.494 e. The van der Waals surface area contributed by atoms with E-state index in [2.05, 4.69) is 22.1 Å². The number of carbonyl (C=O) groups excluding carboxylic acids is 3. The predicted octanol–water partition coefficient (Wildman–Crippen LogP) is 1.37. The Morgan fingerprint density at radius 2 is 2.20 bits per heavy atom. The van der Waals surface area contributed by atoms with E-state index in [1.54, 1.807) is 24.4 Å². The van der Waals surface area contributed by atoms with Crippen LogP contribution in [0.1, 0.15) is 27.2 Å². The number of pyridine rings is 1. The third-order valence-corrected chi connectivity index (χ3v) is 4.48. The average Bonchev–Trinajstić information content (AvgIpc) is 3.04. The number of carbonyl (C=O) groups is 3. The summed E-state index contributed by atoms with van der Waals surface area (Å²) in [6.07, 6.45) is 1.83. The average molecular weight is 410 g/mol. The van der Waals surface area contributed by atoms with Crippen molar-refractivity contribution in [2.75, 3.05) is 13.7 Å². The molecule has 0 fully saturated rings. The number of aromatic nitrogens is 1. The molecular weight excluding hydrogens is 391 g/mol. The van der Waals surface area contributed by atoms with Gasteiger partial charge in [-0.2, -0.15) is 0 Å². The van der Waals surface area contributed by atoms with Gasteiger partial charge in [-0.15, -0.1) is 0 Å². The molecule has 30 heavy (non-hydrogen) atoms. The Labute approximate surface area is 172 Å². The Hall–Kier alpha value is -3.93. The Bertz CT molecular complexity index is 1040. The normalized spacial score (nSPS) is 13.0. The molecule has 0 bridgehead atoms. The van der Waals surface area contributed by atoms with Gasteiger partial charge in [0.1, 0.15) is 6.04 Å². The van der Waals surface area contributed by atoms with Crippen molar-refractivity contribution in [1.29, 1.82) is 0 Å². The first-order valence-corrected chi connectivity index (χ1v) is 9.02. The number of hydrogen-bond acceptors (Lipinski definition) is 5. The summed E-state index contributed by atoms with van der Waals surface area (Å²) >= 11 is 0. The summed E-state index contributed by atoms with van der Waals surface area (Å²) in [6, 6.07) is 5.08. The highest BCUT2D eigenvalue weighted by atomic mass is 19.1. The van der Waals surface area contributed by atoms with Crippen molar-refractivity contribution < 1.29 is 23.5 Å². The summed E-state index contributed by atoms with van der Waals surface area (Å²) in [6.45, 7) is 2.00. The number of rotatable bonds is 5. The summed E-state index contributed by atoms with van der Waals surface area (Å²) < 4.78 is 19.5. The molecular formula is C21H19FN4O4. The van der Waals surface area contributed by atoms with Gasteiger partial charge in [0, 0.05) is 24.0 Å². The van der Waals surface area contributed by atoms with E-state index in [0.717, 1.165) is 5.69 Å². The van der Waals surface area contributed by atoms with Gasteiger partial charge in [-0.05, 0) is 30.7 Å². The molecule has 1 aliphatic heterocycles. The van der Waals surface area contributed by atoms with Gasteiger partial charge in [0.05, 0.1) is 19.2 Å². The Kier molecular flexibility index (Phi) is 6.27. The second-order valence-corrected chi connectivity index (χ2v) is 6.55. The van der Waals surface area contributed by atoms with Gasteiger partial charge in [-0.3, -0.25) is 19.9 Å². The van der Waals surface area contributed by atoms with Gasteiger partial charge in [-0.25, -0.2) is 9.18 Å². The maximum Gasteiger partial charge on any atom is 0.322 e. The first-order valence-electron chi connectivity index (χ1n) is 9.02. The van der Waals surface area contributed by atoms with Crippen LogP contribution in [0.3, 0.4) is 0 Å². The van der Waals surface area contributed by atoms with Crippen LogP contribution in [0, 0.1) is 24.6 Å². The number of amides is 4. The number of imide groups is 1. The van der Waals surface area contributed by atoms with Crippen molar-refractivity contribution in [2.24, 2.45) is 0 Å². The first-order chi connectivity index (χ1) is 14.4. The van der Waals surface area contributed by atoms with Crippen molar-refractivity contribution in [2.45, 2.75) is 19.5 Å². The van der Waals surface area contributed by atoms with E-state index in [4.69, 9.17) is 4.74 Å². The zero-order valence-corrected chi connectivity index (χ0v) is 16.4. The van der Waals surface area contributed by atoms with Gasteiger partial charge >= 0.3 is 6.03 Å². The minimum Gasteiger partial charge on any atom is -0.494 e. The van der Waals surface area contributed by atoms with Crippen molar-refractivity contribution in [3.05, 3.63) is 58.7 Å². The number of benzene rings is 1. The lowest BCUT2D eigenvalue weighted by atomic mass is 10.1. The van der Waals surface area contributed by atoms with Crippen LogP contribution in [0.5, 0.6) is 5.75 Å². The summed E-state index contributed by atoms with van der Waals surface area (Å²) in [5, 5.41) is 4.49. The zero-order chi connectivity index (χ0) is 21.7. The second-order valence-electron chi connectivity index (χ2n) is 6.55. The number of aryl methyl sites for hydroxylation is 1. The summed E-state index contributed by atoms with van der Waals surface area (Å²) in [5.74, 6) is 4.49. The zero-order valence-electron chi connectivity index (χ0n) is 16.4. The second kappa shape index (κ2) is 9.05. The molecule has 1 aliphatic rings. The fourth-order valence-corrected chi connectivity index (χ4v) is 3.01. The van der Waals surface area contributed by atoms with Crippen LogP contribution in [-0.4, -0.2) is 47.9 Å². The molecule has 8 nitrogen and oxygen atoms in total. The van der Waals surface area contributed by atoms with E-state index in [0.29, 0.717) is 11.1 Å². The monoisotopic (exact) mass is 410 g/mol. The number of urea groups is 1. The fraction of sp³-hybridized carbons (Fsp3) is 0.238. The summed E-state index contributed by atoms with van der Waals surface area (Å²) in [5.41, 5.74) is 1.92. The standard InChI is InChI=1S/C21H19FN4O4/c1-13-3-4-14(9-23-13)5-7-16(25-21(29)24-12-27)11-26-10-15-6-8-17(30-2)19(22)18(15)20(26)28/h3-4,6,8-9,12,16H,10-11H2,1-2H3,(H2,24,25,27,29)/t16-/m1/s1. The SMILES string of the molecule is COc1ccc2c(c1F)C(=O)N(C[C@@H](C#Cc1ccc(C)nc1)NC(=O)NC=O)C2.